The van der Waals surface area contributed by atoms with E-state index in [2.05, 4.69) is 83.8 Å². The van der Waals surface area contributed by atoms with Crippen molar-refractivity contribution in [3.8, 4) is 6.07 Å². The lowest BCUT2D eigenvalue weighted by atomic mass is 9.95. The van der Waals surface area contributed by atoms with Crippen molar-refractivity contribution in [2.75, 3.05) is 26.1 Å². The van der Waals surface area contributed by atoms with Crippen LogP contribution in [0.25, 0.3) is 0 Å². The van der Waals surface area contributed by atoms with Crippen molar-refractivity contribution >= 4 is 26.8 Å². The number of nitriles is 1. The largest absolute Gasteiger partial charge is 0.417 e. The molecule has 2 aromatic rings. The molecular formula is C34H55N3O5SSi2. The van der Waals surface area contributed by atoms with Gasteiger partial charge in [0.25, 0.3) is 10.1 Å². The van der Waals surface area contributed by atoms with Crippen LogP contribution in [-0.2, 0) is 34.0 Å². The molecule has 11 heteroatoms. The van der Waals surface area contributed by atoms with Crippen LogP contribution in [0.4, 0.5) is 0 Å². The highest BCUT2D eigenvalue weighted by atomic mass is 32.2. The van der Waals surface area contributed by atoms with Crippen LogP contribution in [0, 0.1) is 23.2 Å². The van der Waals surface area contributed by atoms with Crippen LogP contribution in [0.15, 0.2) is 48.8 Å². The van der Waals surface area contributed by atoms with E-state index in [1.807, 2.05) is 42.6 Å². The van der Waals surface area contributed by atoms with E-state index < -0.39 is 26.8 Å². The van der Waals surface area contributed by atoms with Crippen molar-refractivity contribution in [3.05, 3.63) is 60.2 Å². The lowest BCUT2D eigenvalue weighted by Gasteiger charge is -2.36. The highest BCUT2D eigenvalue weighted by Gasteiger charge is 2.58. The van der Waals surface area contributed by atoms with Gasteiger partial charge in [-0.25, -0.2) is 0 Å². The third-order valence-corrected chi connectivity index (χ3v) is 20.2. The summed E-state index contributed by atoms with van der Waals surface area (Å²) in [5.41, 5.74) is 1.51. The van der Waals surface area contributed by atoms with Gasteiger partial charge in [-0.2, -0.15) is 13.7 Å². The molecule has 8 nitrogen and oxygen atoms in total. The zero-order valence-corrected chi connectivity index (χ0v) is 32.1. The minimum atomic E-state index is -3.48. The molecule has 2 fully saturated rings. The lowest BCUT2D eigenvalue weighted by Crippen LogP contribution is -2.41. The van der Waals surface area contributed by atoms with Crippen LogP contribution in [0.3, 0.4) is 0 Å². The minimum Gasteiger partial charge on any atom is -0.417 e. The van der Waals surface area contributed by atoms with Crippen molar-refractivity contribution in [3.63, 3.8) is 0 Å². The summed E-state index contributed by atoms with van der Waals surface area (Å²) in [5, 5.41) is 9.55. The van der Waals surface area contributed by atoms with Gasteiger partial charge in [0.15, 0.2) is 16.6 Å². The molecule has 0 aromatic carbocycles. The Balaban J connectivity index is 0.000000248. The predicted molar refractivity (Wildman–Crippen MR) is 185 cm³/mol. The van der Waals surface area contributed by atoms with Crippen LogP contribution >= 0.6 is 0 Å². The van der Waals surface area contributed by atoms with Gasteiger partial charge in [0.2, 0.25) is 0 Å². The van der Waals surface area contributed by atoms with E-state index in [0.29, 0.717) is 18.9 Å². The maximum atomic E-state index is 11.4. The van der Waals surface area contributed by atoms with E-state index in [9.17, 15) is 8.42 Å². The van der Waals surface area contributed by atoms with E-state index in [0.717, 1.165) is 37.1 Å². The van der Waals surface area contributed by atoms with Gasteiger partial charge in [-0.05, 0) is 85.2 Å². The van der Waals surface area contributed by atoms with E-state index in [4.69, 9.17) is 18.3 Å². The van der Waals surface area contributed by atoms with E-state index in [1.54, 1.807) is 6.20 Å². The third-order valence-electron chi connectivity index (χ3n) is 10.6. The third kappa shape index (κ3) is 9.33. The van der Waals surface area contributed by atoms with Gasteiger partial charge >= 0.3 is 0 Å². The van der Waals surface area contributed by atoms with E-state index >= 15 is 0 Å². The van der Waals surface area contributed by atoms with Gasteiger partial charge in [-0.3, -0.25) is 14.2 Å². The molecule has 2 aliphatic carbocycles. The molecule has 0 saturated heterocycles. The molecule has 4 rings (SSSR count). The molecule has 0 unspecified atom stereocenters. The summed E-state index contributed by atoms with van der Waals surface area (Å²) in [6.07, 6.45) is 7.04. The first kappa shape index (κ1) is 37.5. The Labute approximate surface area is 274 Å². The minimum absolute atomic E-state index is 0.0711. The smallest absolute Gasteiger partial charge is 0.264 e. The molecule has 0 bridgehead atoms. The summed E-state index contributed by atoms with van der Waals surface area (Å²) in [7, 11) is -7.02. The van der Waals surface area contributed by atoms with Gasteiger partial charge in [-0.15, -0.1) is 0 Å². The summed E-state index contributed by atoms with van der Waals surface area (Å²) >= 11 is 0. The van der Waals surface area contributed by atoms with Crippen LogP contribution in [0.1, 0.15) is 72.2 Å². The number of hydrogen-bond acceptors (Lipinski definition) is 8. The van der Waals surface area contributed by atoms with Gasteiger partial charge in [-0.1, -0.05) is 53.7 Å². The van der Waals surface area contributed by atoms with Crippen LogP contribution < -0.4 is 0 Å². The summed E-state index contributed by atoms with van der Waals surface area (Å²) in [6, 6.07) is 14.0. The second-order valence-electron chi connectivity index (χ2n) is 16.0. The van der Waals surface area contributed by atoms with E-state index in [-0.39, 0.29) is 33.4 Å². The Morgan fingerprint density at radius 1 is 0.822 bits per heavy atom. The van der Waals surface area contributed by atoms with Crippen molar-refractivity contribution < 1.29 is 21.5 Å². The van der Waals surface area contributed by atoms with Crippen molar-refractivity contribution in [1.29, 1.82) is 5.26 Å². The molecule has 250 valence electrons. The maximum absolute atomic E-state index is 11.4. The molecule has 0 aliphatic heterocycles. The van der Waals surface area contributed by atoms with Gasteiger partial charge in [0.1, 0.15) is 0 Å². The van der Waals surface area contributed by atoms with Crippen molar-refractivity contribution in [1.82, 2.24) is 9.97 Å². The van der Waals surface area contributed by atoms with Gasteiger partial charge in [0.05, 0.1) is 18.9 Å². The Morgan fingerprint density at radius 2 is 1.24 bits per heavy atom. The molecule has 2 aliphatic rings. The molecular weight excluding hydrogens is 619 g/mol. The SMILES string of the molecule is CC(C)(C)[Si](C)(C)OC[C@H]1C[C@]1(CC#N)c1ccccn1.CC(C)(C)[Si](C)(C)OC[C@H]1C[C@]1(COS(C)(=O)=O)c1ccccn1. The molecule has 2 saturated carbocycles. The molecule has 0 radical (unpaired) electrons. The second kappa shape index (κ2) is 13.7. The number of nitrogens with zero attached hydrogens (tertiary/aromatic N) is 3. The topological polar surface area (TPSA) is 111 Å². The number of pyridine rings is 2. The first-order chi connectivity index (χ1) is 20.6. The average molecular weight is 674 g/mol. The summed E-state index contributed by atoms with van der Waals surface area (Å²) in [6.45, 7) is 23.9. The molecule has 45 heavy (non-hydrogen) atoms. The number of aromatic nitrogens is 2. The van der Waals surface area contributed by atoms with E-state index in [1.165, 1.54) is 0 Å². The molecule has 2 heterocycles. The van der Waals surface area contributed by atoms with Crippen molar-refractivity contribution in [2.45, 2.75) is 108 Å². The fraction of sp³-hybridized carbons (Fsp3) is 0.676. The fourth-order valence-corrected chi connectivity index (χ4v) is 7.63. The summed E-state index contributed by atoms with van der Waals surface area (Å²) < 4.78 is 40.7. The zero-order chi connectivity index (χ0) is 34.0. The predicted octanol–water partition coefficient (Wildman–Crippen LogP) is 7.61. The Morgan fingerprint density at radius 3 is 1.62 bits per heavy atom. The molecule has 2 aromatic heterocycles. The summed E-state index contributed by atoms with van der Waals surface area (Å²) in [4.78, 5) is 8.92. The first-order valence-corrected chi connectivity index (χ1v) is 23.6. The van der Waals surface area contributed by atoms with Crippen LogP contribution in [-0.4, -0.2) is 61.1 Å². The Kier molecular flexibility index (Phi) is 11.4. The van der Waals surface area contributed by atoms with Gasteiger partial charge < -0.3 is 8.85 Å². The van der Waals surface area contributed by atoms with Crippen LogP contribution in [0.5, 0.6) is 0 Å². The molecule has 0 amide bonds. The van der Waals surface area contributed by atoms with Crippen molar-refractivity contribution in [2.24, 2.45) is 11.8 Å². The quantitative estimate of drug-likeness (QED) is 0.167. The summed E-state index contributed by atoms with van der Waals surface area (Å²) in [5.74, 6) is 0.671. The Bertz CT molecular complexity index is 1420. The molecule has 0 N–H and O–H groups in total. The first-order valence-electron chi connectivity index (χ1n) is 15.9. The standard InChI is InChI=1S/C17H26N2OSi.C17H29NO4SSi/c1-16(2,3)21(4,5)20-13-14-12-17(14,9-10-18)15-8-6-7-11-19-15;1-16(2,3)24(5,6)22-12-14-11-17(14,13-21-23(4,19)20)15-9-7-8-10-18-15/h6-8,11,14H,9,12-13H2,1-5H3;7-10,14H,11-13H2,1-6H3/t14-,17+;14-,17-/m11/s1. The molecule has 4 atom stereocenters. The average Bonchev–Trinajstić information content (AvgIpc) is 3.84. The number of hydrogen-bond donors (Lipinski definition) is 0. The fourth-order valence-electron chi connectivity index (χ4n) is 5.10. The zero-order valence-electron chi connectivity index (χ0n) is 29.3. The lowest BCUT2D eigenvalue weighted by molar-refractivity contribution is 0.228. The Hall–Kier alpha value is -1.95. The monoisotopic (exact) mass is 673 g/mol. The normalized spacial score (nSPS) is 25.1. The highest BCUT2D eigenvalue weighted by Crippen LogP contribution is 2.57. The van der Waals surface area contributed by atoms with Gasteiger partial charge in [0, 0.05) is 54.2 Å². The number of rotatable bonds is 12. The second-order valence-corrected chi connectivity index (χ2v) is 27.3. The molecule has 0 spiro atoms. The van der Waals surface area contributed by atoms with Crippen LogP contribution in [0.2, 0.25) is 36.3 Å². The maximum Gasteiger partial charge on any atom is 0.264 e. The highest BCUT2D eigenvalue weighted by molar-refractivity contribution is 7.86.